The summed E-state index contributed by atoms with van der Waals surface area (Å²) in [6.45, 7) is 5.15. The van der Waals surface area contributed by atoms with Crippen molar-refractivity contribution in [3.8, 4) is 6.07 Å². The van der Waals surface area contributed by atoms with Crippen molar-refractivity contribution in [1.82, 2.24) is 5.32 Å². The fourth-order valence-electron chi connectivity index (χ4n) is 3.27. The Kier molecular flexibility index (Phi) is 5.17. The summed E-state index contributed by atoms with van der Waals surface area (Å²) in [4.78, 5) is 0. The highest BCUT2D eigenvalue weighted by atomic mass is 16.3. The standard InChI is InChI=1S/C17H24N2O/c1-3-14-8-9-16(12(14)2)19-11-17(20)15-6-4-13(10-18)5-7-15/h4-7,12,14,16-17,19-20H,3,8-9,11H2,1-2H3. The summed E-state index contributed by atoms with van der Waals surface area (Å²) in [6.07, 6.45) is 3.25. The van der Waals surface area contributed by atoms with Gasteiger partial charge >= 0.3 is 0 Å². The van der Waals surface area contributed by atoms with Crippen molar-refractivity contribution in [3.63, 3.8) is 0 Å². The van der Waals surface area contributed by atoms with Crippen molar-refractivity contribution in [2.45, 2.75) is 45.3 Å². The van der Waals surface area contributed by atoms with Gasteiger partial charge in [-0.25, -0.2) is 0 Å². The van der Waals surface area contributed by atoms with Crippen molar-refractivity contribution in [1.29, 1.82) is 5.26 Å². The molecule has 1 fully saturated rings. The largest absolute Gasteiger partial charge is 0.387 e. The van der Waals surface area contributed by atoms with Crippen LogP contribution in [0.5, 0.6) is 0 Å². The second-order valence-corrected chi connectivity index (χ2v) is 5.87. The molecule has 1 aliphatic rings. The van der Waals surface area contributed by atoms with Gasteiger partial charge < -0.3 is 10.4 Å². The molecule has 0 bridgehead atoms. The van der Waals surface area contributed by atoms with Crippen LogP contribution in [0.3, 0.4) is 0 Å². The van der Waals surface area contributed by atoms with Crippen LogP contribution in [0.25, 0.3) is 0 Å². The topological polar surface area (TPSA) is 56.0 Å². The van der Waals surface area contributed by atoms with Gasteiger partial charge in [0.25, 0.3) is 0 Å². The van der Waals surface area contributed by atoms with Crippen LogP contribution in [0.1, 0.15) is 50.3 Å². The Bertz CT molecular complexity index is 463. The van der Waals surface area contributed by atoms with E-state index in [9.17, 15) is 5.11 Å². The van der Waals surface area contributed by atoms with E-state index >= 15 is 0 Å². The summed E-state index contributed by atoms with van der Waals surface area (Å²) in [5, 5.41) is 22.5. The highest BCUT2D eigenvalue weighted by molar-refractivity contribution is 5.32. The van der Waals surface area contributed by atoms with Gasteiger partial charge in [-0.15, -0.1) is 0 Å². The molecule has 0 saturated heterocycles. The van der Waals surface area contributed by atoms with E-state index < -0.39 is 6.10 Å². The predicted molar refractivity (Wildman–Crippen MR) is 80.1 cm³/mol. The number of nitrogens with zero attached hydrogens (tertiary/aromatic N) is 1. The summed E-state index contributed by atoms with van der Waals surface area (Å²) >= 11 is 0. The molecule has 4 unspecified atom stereocenters. The van der Waals surface area contributed by atoms with Crippen LogP contribution in [0, 0.1) is 23.2 Å². The summed E-state index contributed by atoms with van der Waals surface area (Å²) < 4.78 is 0. The highest BCUT2D eigenvalue weighted by Crippen LogP contribution is 2.34. The zero-order valence-electron chi connectivity index (χ0n) is 12.3. The van der Waals surface area contributed by atoms with Gasteiger partial charge in [-0.1, -0.05) is 32.4 Å². The monoisotopic (exact) mass is 272 g/mol. The van der Waals surface area contributed by atoms with Gasteiger partial charge in [-0.05, 0) is 42.4 Å². The van der Waals surface area contributed by atoms with Crippen LogP contribution < -0.4 is 5.32 Å². The molecule has 1 aliphatic carbocycles. The molecule has 2 N–H and O–H groups in total. The van der Waals surface area contributed by atoms with Gasteiger partial charge in [0.05, 0.1) is 17.7 Å². The molecule has 0 amide bonds. The molecule has 2 rings (SSSR count). The first-order valence-electron chi connectivity index (χ1n) is 7.57. The second-order valence-electron chi connectivity index (χ2n) is 5.87. The zero-order valence-corrected chi connectivity index (χ0v) is 12.3. The third kappa shape index (κ3) is 3.39. The summed E-state index contributed by atoms with van der Waals surface area (Å²) in [6, 6.07) is 9.78. The van der Waals surface area contributed by atoms with Gasteiger partial charge in [0, 0.05) is 12.6 Å². The second kappa shape index (κ2) is 6.88. The summed E-state index contributed by atoms with van der Waals surface area (Å²) in [5.74, 6) is 1.51. The predicted octanol–water partition coefficient (Wildman–Crippen LogP) is 3.01. The molecular weight excluding hydrogens is 248 g/mol. The molecule has 4 atom stereocenters. The normalized spacial score (nSPS) is 27.2. The van der Waals surface area contributed by atoms with Crippen molar-refractivity contribution >= 4 is 0 Å². The average Bonchev–Trinajstić information content (AvgIpc) is 2.85. The lowest BCUT2D eigenvalue weighted by atomic mass is 9.93. The first-order valence-corrected chi connectivity index (χ1v) is 7.57. The molecule has 0 aromatic heterocycles. The number of nitrogens with one attached hydrogen (secondary N) is 1. The van der Waals surface area contributed by atoms with E-state index in [0.29, 0.717) is 24.1 Å². The zero-order chi connectivity index (χ0) is 14.5. The maximum absolute atomic E-state index is 10.2. The van der Waals surface area contributed by atoms with Gasteiger partial charge in [0.1, 0.15) is 0 Å². The Balaban J connectivity index is 1.86. The molecule has 20 heavy (non-hydrogen) atoms. The fraction of sp³-hybridized carbons (Fsp3) is 0.588. The number of hydrogen-bond donors (Lipinski definition) is 2. The maximum atomic E-state index is 10.2. The minimum Gasteiger partial charge on any atom is -0.387 e. The number of aliphatic hydroxyl groups is 1. The molecule has 1 aromatic carbocycles. The molecule has 3 heteroatoms. The van der Waals surface area contributed by atoms with Crippen LogP contribution in [-0.2, 0) is 0 Å². The minimum atomic E-state index is -0.504. The van der Waals surface area contributed by atoms with E-state index in [-0.39, 0.29) is 0 Å². The van der Waals surface area contributed by atoms with Crippen LogP contribution in [-0.4, -0.2) is 17.7 Å². The average molecular weight is 272 g/mol. The Morgan fingerprint density at radius 3 is 2.60 bits per heavy atom. The summed E-state index contributed by atoms with van der Waals surface area (Å²) in [5.41, 5.74) is 1.50. The molecule has 0 heterocycles. The van der Waals surface area contributed by atoms with Crippen LogP contribution in [0.4, 0.5) is 0 Å². The van der Waals surface area contributed by atoms with Crippen molar-refractivity contribution < 1.29 is 5.11 Å². The molecule has 108 valence electrons. The molecule has 1 saturated carbocycles. The Hall–Kier alpha value is -1.37. The Morgan fingerprint density at radius 2 is 2.05 bits per heavy atom. The van der Waals surface area contributed by atoms with Gasteiger partial charge in [0.2, 0.25) is 0 Å². The van der Waals surface area contributed by atoms with E-state index in [1.165, 1.54) is 19.3 Å². The quantitative estimate of drug-likeness (QED) is 0.866. The van der Waals surface area contributed by atoms with E-state index in [0.717, 1.165) is 11.5 Å². The minimum absolute atomic E-state index is 0.504. The molecule has 0 aliphatic heterocycles. The van der Waals surface area contributed by atoms with E-state index in [1.54, 1.807) is 12.1 Å². The Morgan fingerprint density at radius 1 is 1.35 bits per heavy atom. The number of hydrogen-bond acceptors (Lipinski definition) is 3. The number of rotatable bonds is 5. The van der Waals surface area contributed by atoms with Gasteiger partial charge in [-0.3, -0.25) is 0 Å². The molecular formula is C17H24N2O. The lowest BCUT2D eigenvalue weighted by molar-refractivity contribution is 0.165. The van der Waals surface area contributed by atoms with Crippen LogP contribution >= 0.6 is 0 Å². The van der Waals surface area contributed by atoms with E-state index in [4.69, 9.17) is 5.26 Å². The number of benzene rings is 1. The lowest BCUT2D eigenvalue weighted by Crippen LogP contribution is -2.35. The molecule has 3 nitrogen and oxygen atoms in total. The summed E-state index contributed by atoms with van der Waals surface area (Å²) in [7, 11) is 0. The van der Waals surface area contributed by atoms with Crippen molar-refractivity contribution in [2.24, 2.45) is 11.8 Å². The van der Waals surface area contributed by atoms with Gasteiger partial charge in [-0.2, -0.15) is 5.26 Å². The first-order chi connectivity index (χ1) is 9.65. The highest BCUT2D eigenvalue weighted by Gasteiger charge is 2.31. The van der Waals surface area contributed by atoms with Crippen molar-refractivity contribution in [2.75, 3.05) is 6.54 Å². The third-order valence-electron chi connectivity index (χ3n) is 4.75. The number of nitriles is 1. The molecule has 0 spiro atoms. The molecule has 1 aromatic rings. The lowest BCUT2D eigenvalue weighted by Gasteiger charge is -2.22. The number of aliphatic hydroxyl groups excluding tert-OH is 1. The smallest absolute Gasteiger partial charge is 0.0991 e. The third-order valence-corrected chi connectivity index (χ3v) is 4.75. The van der Waals surface area contributed by atoms with Crippen LogP contribution in [0.2, 0.25) is 0 Å². The Labute approximate surface area is 121 Å². The SMILES string of the molecule is CCC1CCC(NCC(O)c2ccc(C#N)cc2)C1C. The maximum Gasteiger partial charge on any atom is 0.0991 e. The van der Waals surface area contributed by atoms with Gasteiger partial charge in [0.15, 0.2) is 0 Å². The van der Waals surface area contributed by atoms with Crippen LogP contribution in [0.15, 0.2) is 24.3 Å². The van der Waals surface area contributed by atoms with Crippen molar-refractivity contribution in [3.05, 3.63) is 35.4 Å². The van der Waals surface area contributed by atoms with E-state index in [2.05, 4.69) is 25.2 Å². The fourth-order valence-corrected chi connectivity index (χ4v) is 3.27. The van der Waals surface area contributed by atoms with E-state index in [1.807, 2.05) is 12.1 Å². The molecule has 0 radical (unpaired) electrons. The first kappa shape index (κ1) is 15.0.